The van der Waals surface area contributed by atoms with Crippen LogP contribution in [0.2, 0.25) is 0 Å². The summed E-state index contributed by atoms with van der Waals surface area (Å²) in [5, 5.41) is 41.5. The molecule has 1 heterocycles. The Labute approximate surface area is 124 Å². The SMILES string of the molecule is OCC[C@@H](O)[C@H]1N[C@H](COCc2ccccc2)[C@@H](O)[C@H]1O. The minimum Gasteiger partial charge on any atom is -0.396 e. The van der Waals surface area contributed by atoms with Crippen LogP contribution in [0.5, 0.6) is 0 Å². The second kappa shape index (κ2) is 7.84. The Balaban J connectivity index is 1.81. The van der Waals surface area contributed by atoms with Crippen molar-refractivity contribution < 1.29 is 25.2 Å². The molecular formula is C15H23NO5. The number of hydrogen-bond donors (Lipinski definition) is 5. The summed E-state index contributed by atoms with van der Waals surface area (Å²) in [5.74, 6) is 0. The maximum absolute atomic E-state index is 9.98. The third-order valence-corrected chi connectivity index (χ3v) is 3.78. The summed E-state index contributed by atoms with van der Waals surface area (Å²) in [6, 6.07) is 8.57. The molecule has 2 rings (SSSR count). The molecule has 0 unspecified atom stereocenters. The van der Waals surface area contributed by atoms with E-state index in [-0.39, 0.29) is 19.6 Å². The van der Waals surface area contributed by atoms with Crippen LogP contribution in [0.1, 0.15) is 12.0 Å². The maximum atomic E-state index is 9.98. The van der Waals surface area contributed by atoms with Crippen molar-refractivity contribution in [1.29, 1.82) is 0 Å². The Bertz CT molecular complexity index is 416. The Morgan fingerprint density at radius 2 is 1.86 bits per heavy atom. The number of nitrogens with one attached hydrogen (secondary N) is 1. The smallest absolute Gasteiger partial charge is 0.0993 e. The lowest BCUT2D eigenvalue weighted by Gasteiger charge is -2.21. The first-order chi connectivity index (χ1) is 10.1. The van der Waals surface area contributed by atoms with Crippen LogP contribution in [0.15, 0.2) is 30.3 Å². The standard InChI is InChI=1S/C15H23NO5/c17-7-6-12(18)13-15(20)14(19)11(16-13)9-21-8-10-4-2-1-3-5-10/h1-5,11-20H,6-9H2/t11-,12-,13-,14-,15+/m1/s1. The maximum Gasteiger partial charge on any atom is 0.0993 e. The minimum atomic E-state index is -1.07. The van der Waals surface area contributed by atoms with Gasteiger partial charge >= 0.3 is 0 Å². The molecule has 1 saturated heterocycles. The van der Waals surface area contributed by atoms with Gasteiger partial charge < -0.3 is 30.5 Å². The molecule has 1 fully saturated rings. The molecule has 0 spiro atoms. The molecule has 0 aliphatic carbocycles. The Morgan fingerprint density at radius 3 is 2.52 bits per heavy atom. The van der Waals surface area contributed by atoms with Crippen LogP contribution in [-0.2, 0) is 11.3 Å². The lowest BCUT2D eigenvalue weighted by atomic mass is 10.0. The van der Waals surface area contributed by atoms with Crippen molar-refractivity contribution in [2.24, 2.45) is 0 Å². The van der Waals surface area contributed by atoms with Gasteiger partial charge in [-0.25, -0.2) is 0 Å². The first kappa shape index (κ1) is 16.4. The number of hydrogen-bond acceptors (Lipinski definition) is 6. The first-order valence-electron chi connectivity index (χ1n) is 7.16. The summed E-state index contributed by atoms with van der Waals surface area (Å²) in [7, 11) is 0. The molecule has 118 valence electrons. The van der Waals surface area contributed by atoms with Gasteiger partial charge in [0.1, 0.15) is 0 Å². The highest BCUT2D eigenvalue weighted by molar-refractivity contribution is 5.13. The second-order valence-electron chi connectivity index (χ2n) is 5.36. The van der Waals surface area contributed by atoms with Crippen molar-refractivity contribution in [3.63, 3.8) is 0 Å². The van der Waals surface area contributed by atoms with Crippen LogP contribution in [0.3, 0.4) is 0 Å². The number of aliphatic hydroxyl groups is 4. The molecule has 21 heavy (non-hydrogen) atoms. The molecule has 1 aromatic rings. The van der Waals surface area contributed by atoms with E-state index in [1.54, 1.807) is 0 Å². The average Bonchev–Trinajstić information content (AvgIpc) is 2.77. The van der Waals surface area contributed by atoms with Gasteiger partial charge in [0.05, 0.1) is 43.6 Å². The lowest BCUT2D eigenvalue weighted by molar-refractivity contribution is -0.0119. The van der Waals surface area contributed by atoms with Gasteiger partial charge in [0.25, 0.3) is 0 Å². The van der Waals surface area contributed by atoms with Gasteiger partial charge in [-0.05, 0) is 12.0 Å². The third kappa shape index (κ3) is 4.23. The molecule has 0 amide bonds. The largest absolute Gasteiger partial charge is 0.396 e. The van der Waals surface area contributed by atoms with E-state index in [0.29, 0.717) is 6.61 Å². The van der Waals surface area contributed by atoms with Gasteiger partial charge in [-0.3, -0.25) is 0 Å². The fourth-order valence-corrected chi connectivity index (χ4v) is 2.57. The molecule has 5 N–H and O–H groups in total. The van der Waals surface area contributed by atoms with Gasteiger partial charge in [0, 0.05) is 6.61 Å². The highest BCUT2D eigenvalue weighted by Crippen LogP contribution is 2.19. The van der Waals surface area contributed by atoms with Gasteiger partial charge in [-0.2, -0.15) is 0 Å². The predicted octanol–water partition coefficient (Wildman–Crippen LogP) is -0.991. The summed E-state index contributed by atoms with van der Waals surface area (Å²) >= 11 is 0. The first-order valence-corrected chi connectivity index (χ1v) is 7.16. The molecule has 0 saturated carbocycles. The van der Waals surface area contributed by atoms with E-state index in [0.717, 1.165) is 5.56 Å². The molecule has 0 bridgehead atoms. The van der Waals surface area contributed by atoms with Crippen molar-refractivity contribution in [2.75, 3.05) is 13.2 Å². The molecule has 1 aliphatic heterocycles. The summed E-state index contributed by atoms with van der Waals surface area (Å²) < 4.78 is 5.55. The van der Waals surface area contributed by atoms with Crippen molar-refractivity contribution in [1.82, 2.24) is 5.32 Å². The van der Waals surface area contributed by atoms with Gasteiger partial charge in [-0.15, -0.1) is 0 Å². The third-order valence-electron chi connectivity index (χ3n) is 3.78. The van der Waals surface area contributed by atoms with E-state index in [9.17, 15) is 15.3 Å². The van der Waals surface area contributed by atoms with E-state index in [4.69, 9.17) is 9.84 Å². The minimum absolute atomic E-state index is 0.152. The second-order valence-corrected chi connectivity index (χ2v) is 5.36. The summed E-state index contributed by atoms with van der Waals surface area (Å²) in [6.45, 7) is 0.485. The molecule has 0 aromatic heterocycles. The van der Waals surface area contributed by atoms with E-state index >= 15 is 0 Å². The van der Waals surface area contributed by atoms with E-state index in [1.165, 1.54) is 0 Å². The van der Waals surface area contributed by atoms with Crippen LogP contribution < -0.4 is 5.32 Å². The van der Waals surface area contributed by atoms with E-state index < -0.39 is 30.4 Å². The molecule has 5 atom stereocenters. The highest BCUT2D eigenvalue weighted by Gasteiger charge is 2.43. The normalized spacial score (nSPS) is 30.5. The summed E-state index contributed by atoms with van der Waals surface area (Å²) in [5.41, 5.74) is 1.03. The fourth-order valence-electron chi connectivity index (χ4n) is 2.57. The highest BCUT2D eigenvalue weighted by atomic mass is 16.5. The summed E-state index contributed by atoms with van der Waals surface area (Å²) in [4.78, 5) is 0. The molecule has 6 nitrogen and oxygen atoms in total. The molecule has 1 aromatic carbocycles. The van der Waals surface area contributed by atoms with Crippen LogP contribution >= 0.6 is 0 Å². The van der Waals surface area contributed by atoms with Crippen molar-refractivity contribution in [3.8, 4) is 0 Å². The predicted molar refractivity (Wildman–Crippen MR) is 76.5 cm³/mol. The van der Waals surface area contributed by atoms with Gasteiger partial charge in [-0.1, -0.05) is 30.3 Å². The van der Waals surface area contributed by atoms with Crippen LogP contribution in [0.25, 0.3) is 0 Å². The van der Waals surface area contributed by atoms with Crippen LogP contribution in [0.4, 0.5) is 0 Å². The van der Waals surface area contributed by atoms with Crippen molar-refractivity contribution in [3.05, 3.63) is 35.9 Å². The summed E-state index contributed by atoms with van der Waals surface area (Å²) in [6.07, 6.45) is -2.83. The number of rotatable bonds is 7. The molecule has 6 heteroatoms. The monoisotopic (exact) mass is 297 g/mol. The molecular weight excluding hydrogens is 274 g/mol. The van der Waals surface area contributed by atoms with Gasteiger partial charge in [0.2, 0.25) is 0 Å². The average molecular weight is 297 g/mol. The van der Waals surface area contributed by atoms with Crippen molar-refractivity contribution >= 4 is 0 Å². The van der Waals surface area contributed by atoms with Crippen molar-refractivity contribution in [2.45, 2.75) is 43.4 Å². The topological polar surface area (TPSA) is 102 Å². The Kier molecular flexibility index (Phi) is 6.10. The van der Waals surface area contributed by atoms with Crippen LogP contribution in [0, 0.1) is 0 Å². The molecule has 0 radical (unpaired) electrons. The fraction of sp³-hybridized carbons (Fsp3) is 0.600. The Morgan fingerprint density at radius 1 is 1.14 bits per heavy atom. The number of aliphatic hydroxyl groups excluding tert-OH is 4. The van der Waals surface area contributed by atoms with Gasteiger partial charge in [0.15, 0.2) is 0 Å². The number of benzene rings is 1. The van der Waals surface area contributed by atoms with Crippen LogP contribution in [-0.4, -0.2) is 64.0 Å². The van der Waals surface area contributed by atoms with E-state index in [2.05, 4.69) is 5.32 Å². The zero-order valence-electron chi connectivity index (χ0n) is 11.8. The molecule has 1 aliphatic rings. The lowest BCUT2D eigenvalue weighted by Crippen LogP contribution is -2.44. The zero-order valence-corrected chi connectivity index (χ0v) is 11.8. The zero-order chi connectivity index (χ0) is 15.2. The van der Waals surface area contributed by atoms with E-state index in [1.807, 2.05) is 30.3 Å². The quantitative estimate of drug-likeness (QED) is 0.443. The number of ether oxygens (including phenoxy) is 1. The Hall–Kier alpha value is -1.02.